The maximum Gasteiger partial charge on any atom is 0.270 e. The molecule has 1 aliphatic rings. The number of aliphatic hydroxyl groups is 1. The van der Waals surface area contributed by atoms with Crippen molar-refractivity contribution in [2.45, 2.75) is 19.1 Å². The molecule has 0 saturated heterocycles. The Bertz CT molecular complexity index is 1250. The number of para-hydroxylation sites is 1. The summed E-state index contributed by atoms with van der Waals surface area (Å²) >= 11 is 3.50. The van der Waals surface area contributed by atoms with Gasteiger partial charge in [-0.1, -0.05) is 64.5 Å². The van der Waals surface area contributed by atoms with Gasteiger partial charge in [0.15, 0.2) is 0 Å². The van der Waals surface area contributed by atoms with Crippen molar-refractivity contribution >= 4 is 38.4 Å². The first-order valence-electron chi connectivity index (χ1n) is 9.46. The van der Waals surface area contributed by atoms with E-state index in [2.05, 4.69) is 20.9 Å². The highest BCUT2D eigenvalue weighted by atomic mass is 79.9. The molecular formula is C24H19BrN2O2. The molecule has 144 valence electrons. The molecule has 4 aromatic rings. The highest BCUT2D eigenvalue weighted by Crippen LogP contribution is 2.47. The number of aromatic amines is 1. The number of nitrogens with zero attached hydrogens (tertiary/aromatic N) is 1. The zero-order chi connectivity index (χ0) is 20.2. The highest BCUT2D eigenvalue weighted by molar-refractivity contribution is 9.10. The van der Waals surface area contributed by atoms with Crippen molar-refractivity contribution in [3.05, 3.63) is 99.7 Å². The van der Waals surface area contributed by atoms with E-state index < -0.39 is 5.60 Å². The van der Waals surface area contributed by atoms with Crippen LogP contribution in [-0.2, 0) is 16.9 Å². The van der Waals surface area contributed by atoms with E-state index in [0.717, 1.165) is 32.2 Å². The summed E-state index contributed by atoms with van der Waals surface area (Å²) in [5.41, 5.74) is 2.86. The molecule has 0 bridgehead atoms. The molecule has 3 aromatic carbocycles. The van der Waals surface area contributed by atoms with Crippen LogP contribution in [0.15, 0.2) is 77.3 Å². The summed E-state index contributed by atoms with van der Waals surface area (Å²) in [7, 11) is 0. The Morgan fingerprint density at radius 2 is 1.76 bits per heavy atom. The fourth-order valence-electron chi connectivity index (χ4n) is 4.26. The van der Waals surface area contributed by atoms with Gasteiger partial charge in [-0.05, 0) is 42.3 Å². The van der Waals surface area contributed by atoms with Gasteiger partial charge < -0.3 is 15.0 Å². The first kappa shape index (κ1) is 18.2. The summed E-state index contributed by atoms with van der Waals surface area (Å²) in [6.07, 6.45) is 0. The summed E-state index contributed by atoms with van der Waals surface area (Å²) in [5.74, 6) is -0.343. The molecule has 1 atom stereocenters. The third-order valence-corrected chi connectivity index (χ3v) is 6.20. The van der Waals surface area contributed by atoms with Gasteiger partial charge in [0.25, 0.3) is 5.91 Å². The van der Waals surface area contributed by atoms with E-state index in [1.165, 1.54) is 0 Å². The summed E-state index contributed by atoms with van der Waals surface area (Å²) in [5, 5.41) is 12.9. The number of hydrogen-bond donors (Lipinski definition) is 2. The number of amides is 1. The SMILES string of the molecule is Cc1c([C@@]2(O)C(=O)N(Cc3ccccc3)c3ccc(Br)cc32)[nH]c2ccccc12. The van der Waals surface area contributed by atoms with E-state index in [1.54, 1.807) is 4.90 Å². The van der Waals surface area contributed by atoms with Gasteiger partial charge in [0.1, 0.15) is 0 Å². The largest absolute Gasteiger partial charge is 0.371 e. The fraction of sp³-hybridized carbons (Fsp3) is 0.125. The number of carbonyl (C=O) groups excluding carboxylic acids is 1. The topological polar surface area (TPSA) is 56.3 Å². The lowest BCUT2D eigenvalue weighted by Crippen LogP contribution is -2.41. The van der Waals surface area contributed by atoms with Crippen LogP contribution in [0.4, 0.5) is 5.69 Å². The van der Waals surface area contributed by atoms with Gasteiger partial charge in [-0.3, -0.25) is 4.79 Å². The van der Waals surface area contributed by atoms with Crippen molar-refractivity contribution in [3.8, 4) is 0 Å². The number of nitrogens with one attached hydrogen (secondary N) is 1. The van der Waals surface area contributed by atoms with Crippen LogP contribution in [0.3, 0.4) is 0 Å². The first-order valence-corrected chi connectivity index (χ1v) is 10.3. The maximum atomic E-state index is 13.7. The first-order chi connectivity index (χ1) is 14.0. The number of anilines is 1. The zero-order valence-corrected chi connectivity index (χ0v) is 17.4. The molecule has 0 spiro atoms. The van der Waals surface area contributed by atoms with E-state index >= 15 is 0 Å². The number of benzene rings is 3. The number of hydrogen-bond acceptors (Lipinski definition) is 2. The Hall–Kier alpha value is -2.89. The van der Waals surface area contributed by atoms with Crippen LogP contribution >= 0.6 is 15.9 Å². The minimum absolute atomic E-state index is 0.343. The molecule has 5 rings (SSSR count). The van der Waals surface area contributed by atoms with Crippen LogP contribution in [0.25, 0.3) is 10.9 Å². The van der Waals surface area contributed by atoms with Gasteiger partial charge in [-0.15, -0.1) is 0 Å². The second-order valence-corrected chi connectivity index (χ2v) is 8.34. The average Bonchev–Trinajstić information content (AvgIpc) is 3.18. The van der Waals surface area contributed by atoms with Gasteiger partial charge in [0.05, 0.1) is 17.9 Å². The third kappa shape index (κ3) is 2.65. The Morgan fingerprint density at radius 3 is 2.52 bits per heavy atom. The Morgan fingerprint density at radius 1 is 1.03 bits per heavy atom. The number of fused-ring (bicyclic) bond motifs is 2. The summed E-state index contributed by atoms with van der Waals surface area (Å²) in [4.78, 5) is 18.6. The third-order valence-electron chi connectivity index (χ3n) is 5.70. The van der Waals surface area contributed by atoms with Crippen molar-refractivity contribution in [1.29, 1.82) is 0 Å². The number of rotatable bonds is 3. The van der Waals surface area contributed by atoms with Gasteiger partial charge in [-0.25, -0.2) is 0 Å². The normalized spacial score (nSPS) is 18.4. The summed E-state index contributed by atoms with van der Waals surface area (Å²) < 4.78 is 0.817. The standard InChI is InChI=1S/C24H19BrN2O2/c1-15-18-9-5-6-10-20(18)26-22(15)24(29)19-13-17(25)11-12-21(19)27(23(24)28)14-16-7-3-2-4-8-16/h2-13,26,29H,14H2,1H3/t24-/m1/s1. The highest BCUT2D eigenvalue weighted by Gasteiger charge is 2.53. The minimum Gasteiger partial charge on any atom is -0.371 e. The average molecular weight is 447 g/mol. The van der Waals surface area contributed by atoms with Crippen molar-refractivity contribution in [3.63, 3.8) is 0 Å². The second kappa shape index (κ2) is 6.58. The molecule has 2 heterocycles. The van der Waals surface area contributed by atoms with Crippen LogP contribution in [-0.4, -0.2) is 16.0 Å². The van der Waals surface area contributed by atoms with Crippen molar-refractivity contribution in [2.75, 3.05) is 4.90 Å². The molecule has 4 nitrogen and oxygen atoms in total. The van der Waals surface area contributed by atoms with Gasteiger partial charge in [0, 0.05) is 20.9 Å². The van der Waals surface area contributed by atoms with Gasteiger partial charge >= 0.3 is 0 Å². The molecule has 1 aliphatic heterocycles. The molecule has 0 radical (unpaired) electrons. The molecule has 1 amide bonds. The lowest BCUT2D eigenvalue weighted by atomic mass is 9.89. The molecule has 0 unspecified atom stereocenters. The number of aryl methyl sites for hydroxylation is 1. The quantitative estimate of drug-likeness (QED) is 0.463. The minimum atomic E-state index is -1.77. The Kier molecular flexibility index (Phi) is 4.12. The van der Waals surface area contributed by atoms with Gasteiger partial charge in [-0.2, -0.15) is 0 Å². The molecule has 1 aromatic heterocycles. The molecule has 5 heteroatoms. The number of H-pyrrole nitrogens is 1. The number of aromatic nitrogens is 1. The smallest absolute Gasteiger partial charge is 0.270 e. The zero-order valence-electron chi connectivity index (χ0n) is 15.8. The van der Waals surface area contributed by atoms with E-state index in [4.69, 9.17) is 0 Å². The molecule has 2 N–H and O–H groups in total. The Balaban J connectivity index is 1.71. The predicted molar refractivity (Wildman–Crippen MR) is 118 cm³/mol. The van der Waals surface area contributed by atoms with Crippen LogP contribution in [0.2, 0.25) is 0 Å². The molecule has 0 fully saturated rings. The van der Waals surface area contributed by atoms with Crippen molar-refractivity contribution in [2.24, 2.45) is 0 Å². The summed E-state index contributed by atoms with van der Waals surface area (Å²) in [6.45, 7) is 2.34. The fourth-order valence-corrected chi connectivity index (χ4v) is 4.62. The molecular weight excluding hydrogens is 428 g/mol. The Labute approximate surface area is 176 Å². The predicted octanol–water partition coefficient (Wildman–Crippen LogP) is 5.02. The molecule has 29 heavy (non-hydrogen) atoms. The number of halogens is 1. The van der Waals surface area contributed by atoms with Crippen LogP contribution in [0, 0.1) is 6.92 Å². The number of carbonyl (C=O) groups is 1. The molecule has 0 aliphatic carbocycles. The van der Waals surface area contributed by atoms with E-state index in [1.807, 2.05) is 79.7 Å². The van der Waals surface area contributed by atoms with Crippen LogP contribution in [0.1, 0.15) is 22.4 Å². The van der Waals surface area contributed by atoms with Crippen molar-refractivity contribution in [1.82, 2.24) is 4.98 Å². The van der Waals surface area contributed by atoms with E-state index in [9.17, 15) is 9.90 Å². The lowest BCUT2D eigenvalue weighted by Gasteiger charge is -2.23. The van der Waals surface area contributed by atoms with Crippen molar-refractivity contribution < 1.29 is 9.90 Å². The maximum absolute atomic E-state index is 13.7. The lowest BCUT2D eigenvalue weighted by molar-refractivity contribution is -0.132. The summed E-state index contributed by atoms with van der Waals surface area (Å²) in [6, 6.07) is 23.3. The van der Waals surface area contributed by atoms with Crippen LogP contribution in [0.5, 0.6) is 0 Å². The molecule has 0 saturated carbocycles. The van der Waals surface area contributed by atoms with Crippen LogP contribution < -0.4 is 4.90 Å². The second-order valence-electron chi connectivity index (χ2n) is 7.42. The monoisotopic (exact) mass is 446 g/mol. The van der Waals surface area contributed by atoms with E-state index in [0.29, 0.717) is 17.8 Å². The van der Waals surface area contributed by atoms with E-state index in [-0.39, 0.29) is 5.91 Å². The van der Waals surface area contributed by atoms with Gasteiger partial charge in [0.2, 0.25) is 5.60 Å².